The Morgan fingerprint density at radius 1 is 1.62 bits per heavy atom. The first kappa shape index (κ1) is 10.6. The molecule has 0 aliphatic carbocycles. The molecular formula is C9H16N2OS. The second-order valence-corrected chi connectivity index (χ2v) is 4.30. The molecule has 0 atom stereocenters. The first-order valence-corrected chi connectivity index (χ1v) is 4.82. The quantitative estimate of drug-likeness (QED) is 0.701. The highest BCUT2D eigenvalue weighted by Crippen LogP contribution is 2.16. The van der Waals surface area contributed by atoms with Gasteiger partial charge in [-0.2, -0.15) is 0 Å². The number of methoxy groups -OCH3 is 1. The minimum atomic E-state index is 0.0436. The van der Waals surface area contributed by atoms with Gasteiger partial charge in [-0.15, -0.1) is 0 Å². The van der Waals surface area contributed by atoms with E-state index in [9.17, 15) is 0 Å². The lowest BCUT2D eigenvalue weighted by atomic mass is 9.95. The Morgan fingerprint density at radius 3 is 2.85 bits per heavy atom. The molecule has 0 radical (unpaired) electrons. The fourth-order valence-electron chi connectivity index (χ4n) is 1.42. The van der Waals surface area contributed by atoms with Crippen LogP contribution in [0.3, 0.4) is 0 Å². The molecule has 1 aliphatic rings. The van der Waals surface area contributed by atoms with Crippen molar-refractivity contribution in [1.29, 1.82) is 0 Å². The molecule has 3 nitrogen and oxygen atoms in total. The Hall–Kier alpha value is -0.480. The van der Waals surface area contributed by atoms with Gasteiger partial charge in [0.05, 0.1) is 6.61 Å². The molecule has 0 saturated carbocycles. The average Bonchev–Trinajstić information content (AvgIpc) is 1.97. The molecule has 0 aromatic carbocycles. The van der Waals surface area contributed by atoms with E-state index in [0.717, 1.165) is 25.2 Å². The predicted molar refractivity (Wildman–Crippen MR) is 58.4 cm³/mol. The molecule has 0 amide bonds. The van der Waals surface area contributed by atoms with E-state index >= 15 is 0 Å². The third kappa shape index (κ3) is 3.40. The Bertz CT molecular complexity index is 236. The van der Waals surface area contributed by atoms with Gasteiger partial charge in [0.2, 0.25) is 0 Å². The van der Waals surface area contributed by atoms with E-state index in [1.54, 1.807) is 7.11 Å². The number of hydrogen-bond acceptors (Lipinski definition) is 2. The SMILES string of the molecule is COCCC1=NC(=S)NC(C)(C)C1. The van der Waals surface area contributed by atoms with E-state index in [4.69, 9.17) is 17.0 Å². The van der Waals surface area contributed by atoms with Gasteiger partial charge in [0.1, 0.15) is 0 Å². The van der Waals surface area contributed by atoms with Crippen LogP contribution in [0.25, 0.3) is 0 Å². The summed E-state index contributed by atoms with van der Waals surface area (Å²) < 4.78 is 5.00. The van der Waals surface area contributed by atoms with Crippen molar-refractivity contribution in [1.82, 2.24) is 5.32 Å². The molecule has 13 heavy (non-hydrogen) atoms. The third-order valence-electron chi connectivity index (χ3n) is 1.95. The Balaban J connectivity index is 2.59. The molecular weight excluding hydrogens is 184 g/mol. The minimum Gasteiger partial charge on any atom is -0.384 e. The molecule has 74 valence electrons. The predicted octanol–water partition coefficient (Wildman–Crippen LogP) is 1.52. The lowest BCUT2D eigenvalue weighted by Crippen LogP contribution is -2.47. The zero-order valence-electron chi connectivity index (χ0n) is 8.39. The van der Waals surface area contributed by atoms with E-state index in [0.29, 0.717) is 5.11 Å². The van der Waals surface area contributed by atoms with Gasteiger partial charge in [-0.1, -0.05) is 0 Å². The van der Waals surface area contributed by atoms with Crippen LogP contribution >= 0.6 is 12.2 Å². The van der Waals surface area contributed by atoms with Crippen molar-refractivity contribution in [3.8, 4) is 0 Å². The van der Waals surface area contributed by atoms with Crippen LogP contribution in [0, 0.1) is 0 Å². The maximum Gasteiger partial charge on any atom is 0.193 e. The number of nitrogens with zero attached hydrogens (tertiary/aromatic N) is 1. The molecule has 0 aromatic rings. The number of aliphatic imine (C=N–C) groups is 1. The number of nitrogens with one attached hydrogen (secondary N) is 1. The van der Waals surface area contributed by atoms with Crippen molar-refractivity contribution in [2.75, 3.05) is 13.7 Å². The number of ether oxygens (including phenoxy) is 1. The summed E-state index contributed by atoms with van der Waals surface area (Å²) in [4.78, 5) is 4.27. The van der Waals surface area contributed by atoms with Gasteiger partial charge in [-0.05, 0) is 26.1 Å². The van der Waals surface area contributed by atoms with Crippen LogP contribution in [-0.4, -0.2) is 30.1 Å². The smallest absolute Gasteiger partial charge is 0.193 e. The third-order valence-corrected chi connectivity index (χ3v) is 2.14. The van der Waals surface area contributed by atoms with Crippen LogP contribution in [0.5, 0.6) is 0 Å². The fourth-order valence-corrected chi connectivity index (χ4v) is 1.82. The second-order valence-electron chi connectivity index (χ2n) is 3.91. The summed E-state index contributed by atoms with van der Waals surface area (Å²) >= 11 is 5.04. The normalized spacial score (nSPS) is 20.8. The average molecular weight is 200 g/mol. The van der Waals surface area contributed by atoms with E-state index < -0.39 is 0 Å². The summed E-state index contributed by atoms with van der Waals surface area (Å²) in [7, 11) is 1.70. The number of thiocarbonyl (C=S) groups is 1. The summed E-state index contributed by atoms with van der Waals surface area (Å²) in [6, 6.07) is 0. The van der Waals surface area contributed by atoms with Gasteiger partial charge in [-0.3, -0.25) is 0 Å². The summed E-state index contributed by atoms with van der Waals surface area (Å²) in [6.07, 6.45) is 1.82. The minimum absolute atomic E-state index is 0.0436. The molecule has 0 fully saturated rings. The molecule has 0 aromatic heterocycles. The van der Waals surface area contributed by atoms with Crippen molar-refractivity contribution in [3.05, 3.63) is 0 Å². The highest BCUT2D eigenvalue weighted by Gasteiger charge is 2.25. The summed E-state index contributed by atoms with van der Waals surface area (Å²) in [6.45, 7) is 4.97. The molecule has 1 heterocycles. The second kappa shape index (κ2) is 4.15. The molecule has 0 bridgehead atoms. The van der Waals surface area contributed by atoms with Gasteiger partial charge in [0.15, 0.2) is 5.11 Å². The highest BCUT2D eigenvalue weighted by molar-refractivity contribution is 7.80. The number of rotatable bonds is 3. The van der Waals surface area contributed by atoms with Crippen LogP contribution in [0.4, 0.5) is 0 Å². The molecule has 4 heteroatoms. The lowest BCUT2D eigenvalue weighted by Gasteiger charge is -2.31. The summed E-state index contributed by atoms with van der Waals surface area (Å²) in [5.41, 5.74) is 1.18. The Kier molecular flexibility index (Phi) is 3.39. The van der Waals surface area contributed by atoms with Gasteiger partial charge >= 0.3 is 0 Å². The molecule has 0 unspecified atom stereocenters. The van der Waals surface area contributed by atoms with Crippen molar-refractivity contribution >= 4 is 23.0 Å². The monoisotopic (exact) mass is 200 g/mol. The van der Waals surface area contributed by atoms with Crippen molar-refractivity contribution < 1.29 is 4.74 Å². The van der Waals surface area contributed by atoms with Crippen LogP contribution < -0.4 is 5.32 Å². The van der Waals surface area contributed by atoms with Crippen molar-refractivity contribution in [2.45, 2.75) is 32.2 Å². The van der Waals surface area contributed by atoms with Crippen LogP contribution in [0.15, 0.2) is 4.99 Å². The van der Waals surface area contributed by atoms with Gasteiger partial charge in [0, 0.05) is 31.2 Å². The van der Waals surface area contributed by atoms with Crippen LogP contribution in [0.2, 0.25) is 0 Å². The van der Waals surface area contributed by atoms with Crippen molar-refractivity contribution in [2.24, 2.45) is 4.99 Å². The molecule has 1 rings (SSSR count). The van der Waals surface area contributed by atoms with Crippen molar-refractivity contribution in [3.63, 3.8) is 0 Å². The van der Waals surface area contributed by atoms with Gasteiger partial charge < -0.3 is 10.1 Å². The van der Waals surface area contributed by atoms with E-state index in [1.807, 2.05) is 0 Å². The fraction of sp³-hybridized carbons (Fsp3) is 0.778. The zero-order valence-corrected chi connectivity index (χ0v) is 9.20. The topological polar surface area (TPSA) is 33.6 Å². The maximum atomic E-state index is 5.04. The van der Waals surface area contributed by atoms with Crippen LogP contribution in [0.1, 0.15) is 26.7 Å². The Labute approximate surface area is 84.6 Å². The molecule has 0 saturated heterocycles. The first-order valence-electron chi connectivity index (χ1n) is 4.41. The highest BCUT2D eigenvalue weighted by atomic mass is 32.1. The van der Waals surface area contributed by atoms with E-state index in [1.165, 1.54) is 0 Å². The maximum absolute atomic E-state index is 5.04. The van der Waals surface area contributed by atoms with Crippen LogP contribution in [-0.2, 0) is 4.74 Å². The zero-order chi connectivity index (χ0) is 9.90. The van der Waals surface area contributed by atoms with Gasteiger partial charge in [0.25, 0.3) is 0 Å². The van der Waals surface area contributed by atoms with Gasteiger partial charge in [-0.25, -0.2) is 4.99 Å². The standard InChI is InChI=1S/C9H16N2OS/c1-9(2)6-7(4-5-12-3)10-8(13)11-9/h4-6H2,1-3H3,(H,11,13). The molecule has 0 spiro atoms. The summed E-state index contributed by atoms with van der Waals surface area (Å²) in [5.74, 6) is 0. The van der Waals surface area contributed by atoms with E-state index in [2.05, 4.69) is 24.2 Å². The molecule has 1 aliphatic heterocycles. The largest absolute Gasteiger partial charge is 0.384 e. The number of hydrogen-bond donors (Lipinski definition) is 1. The first-order chi connectivity index (χ1) is 6.03. The summed E-state index contributed by atoms with van der Waals surface area (Å²) in [5, 5.41) is 3.76. The Morgan fingerprint density at radius 2 is 2.31 bits per heavy atom. The molecule has 1 N–H and O–H groups in total. The lowest BCUT2D eigenvalue weighted by molar-refractivity contribution is 0.206. The van der Waals surface area contributed by atoms with E-state index in [-0.39, 0.29) is 5.54 Å².